The van der Waals surface area contributed by atoms with Gasteiger partial charge in [0.15, 0.2) is 0 Å². The van der Waals surface area contributed by atoms with Gasteiger partial charge in [-0.2, -0.15) is 17.0 Å². The van der Waals surface area contributed by atoms with E-state index in [1.807, 2.05) is 0 Å². The first-order valence-corrected chi connectivity index (χ1v) is 8.26. The number of amides is 1. The van der Waals surface area contributed by atoms with Crippen LogP contribution in [0.1, 0.15) is 6.42 Å². The van der Waals surface area contributed by atoms with Crippen LogP contribution in [0.5, 0.6) is 0 Å². The van der Waals surface area contributed by atoms with Crippen LogP contribution in [0.3, 0.4) is 0 Å². The average molecular weight is 306 g/mol. The number of hydrogen-bond acceptors (Lipinski definition) is 5. The number of nitrogens with two attached hydrogens (primary N) is 1. The van der Waals surface area contributed by atoms with E-state index in [1.165, 1.54) is 8.61 Å². The van der Waals surface area contributed by atoms with Gasteiger partial charge in [0.05, 0.1) is 13.2 Å². The van der Waals surface area contributed by atoms with Gasteiger partial charge in [-0.05, 0) is 0 Å². The van der Waals surface area contributed by atoms with Crippen LogP contribution in [0, 0.1) is 0 Å². The van der Waals surface area contributed by atoms with E-state index in [4.69, 9.17) is 10.5 Å². The molecule has 0 atom stereocenters. The molecule has 2 aliphatic rings. The fourth-order valence-electron chi connectivity index (χ4n) is 2.39. The standard InChI is InChI=1S/C11H22N4O4S/c12-2-1-11(16)13-3-5-14(6-4-13)20(17,18)15-7-9-19-10-8-15/h1-10,12H2. The van der Waals surface area contributed by atoms with Crippen molar-refractivity contribution in [3.63, 3.8) is 0 Å². The molecule has 0 aromatic heterocycles. The normalized spacial score (nSPS) is 22.9. The summed E-state index contributed by atoms with van der Waals surface area (Å²) < 4.78 is 32.9. The molecule has 0 aliphatic carbocycles. The molecule has 0 aromatic rings. The van der Waals surface area contributed by atoms with Gasteiger partial charge in [-0.25, -0.2) is 0 Å². The van der Waals surface area contributed by atoms with Crippen molar-refractivity contribution in [2.24, 2.45) is 5.73 Å². The lowest BCUT2D eigenvalue weighted by Crippen LogP contribution is -2.55. The molecular formula is C11H22N4O4S. The molecule has 2 rings (SSSR count). The second kappa shape index (κ2) is 6.81. The highest BCUT2D eigenvalue weighted by Gasteiger charge is 2.33. The summed E-state index contributed by atoms with van der Waals surface area (Å²) >= 11 is 0. The van der Waals surface area contributed by atoms with Gasteiger partial charge in [0, 0.05) is 52.2 Å². The molecule has 2 heterocycles. The first kappa shape index (κ1) is 15.6. The Morgan fingerprint density at radius 3 is 2.10 bits per heavy atom. The number of rotatable bonds is 4. The summed E-state index contributed by atoms with van der Waals surface area (Å²) in [6, 6.07) is 0. The molecule has 116 valence electrons. The summed E-state index contributed by atoms with van der Waals surface area (Å²) in [6.45, 7) is 3.55. The Labute approximate surface area is 119 Å². The number of piperazine rings is 1. The molecule has 9 heteroatoms. The molecule has 2 N–H and O–H groups in total. The van der Waals surface area contributed by atoms with Crippen molar-refractivity contribution in [1.29, 1.82) is 0 Å². The van der Waals surface area contributed by atoms with Crippen LogP contribution in [-0.2, 0) is 19.7 Å². The maximum atomic E-state index is 12.4. The fourth-order valence-corrected chi connectivity index (χ4v) is 3.95. The Hall–Kier alpha value is -0.740. The summed E-state index contributed by atoms with van der Waals surface area (Å²) in [5, 5.41) is 0. The summed E-state index contributed by atoms with van der Waals surface area (Å²) in [6.07, 6.45) is 0.316. The van der Waals surface area contributed by atoms with Gasteiger partial charge >= 0.3 is 0 Å². The quantitative estimate of drug-likeness (QED) is 0.652. The zero-order valence-electron chi connectivity index (χ0n) is 11.5. The first-order valence-electron chi connectivity index (χ1n) is 6.86. The lowest BCUT2D eigenvalue weighted by Gasteiger charge is -2.37. The first-order chi connectivity index (χ1) is 9.55. The third kappa shape index (κ3) is 3.47. The van der Waals surface area contributed by atoms with E-state index in [9.17, 15) is 13.2 Å². The van der Waals surface area contributed by atoms with Gasteiger partial charge in [-0.1, -0.05) is 0 Å². The molecule has 2 aliphatic heterocycles. The van der Waals surface area contributed by atoms with Gasteiger partial charge in [0.25, 0.3) is 10.2 Å². The summed E-state index contributed by atoms with van der Waals surface area (Å²) in [4.78, 5) is 13.4. The second-order valence-electron chi connectivity index (χ2n) is 4.84. The Morgan fingerprint density at radius 1 is 1.00 bits per heavy atom. The predicted molar refractivity (Wildman–Crippen MR) is 73.1 cm³/mol. The molecule has 0 bridgehead atoms. The van der Waals surface area contributed by atoms with Crippen LogP contribution in [0.4, 0.5) is 0 Å². The topological polar surface area (TPSA) is 96.2 Å². The summed E-state index contributed by atoms with van der Waals surface area (Å²) in [5.74, 6) is -0.00378. The van der Waals surface area contributed by atoms with Crippen molar-refractivity contribution in [2.75, 3.05) is 59.0 Å². The molecule has 0 radical (unpaired) electrons. The van der Waals surface area contributed by atoms with Crippen molar-refractivity contribution in [1.82, 2.24) is 13.5 Å². The third-order valence-corrected chi connectivity index (χ3v) is 5.61. The van der Waals surface area contributed by atoms with Crippen LogP contribution in [0.2, 0.25) is 0 Å². The molecule has 20 heavy (non-hydrogen) atoms. The van der Waals surface area contributed by atoms with E-state index in [1.54, 1.807) is 4.90 Å². The lowest BCUT2D eigenvalue weighted by molar-refractivity contribution is -0.132. The predicted octanol–water partition coefficient (Wildman–Crippen LogP) is -1.94. The minimum absolute atomic E-state index is 0.00378. The number of morpholine rings is 1. The Morgan fingerprint density at radius 2 is 1.55 bits per heavy atom. The number of ether oxygens (including phenoxy) is 1. The van der Waals surface area contributed by atoms with Gasteiger partial charge < -0.3 is 15.4 Å². The summed E-state index contributed by atoms with van der Waals surface area (Å²) in [5.41, 5.74) is 5.36. The SMILES string of the molecule is NCCC(=O)N1CCN(S(=O)(=O)N2CCOCC2)CC1. The van der Waals surface area contributed by atoms with E-state index in [2.05, 4.69) is 0 Å². The average Bonchev–Trinajstić information content (AvgIpc) is 2.48. The Kier molecular flexibility index (Phi) is 5.33. The number of hydrogen-bond donors (Lipinski definition) is 1. The van der Waals surface area contributed by atoms with Crippen molar-refractivity contribution in [2.45, 2.75) is 6.42 Å². The highest BCUT2D eigenvalue weighted by Crippen LogP contribution is 2.14. The Bertz CT molecular complexity index is 428. The fraction of sp³-hybridized carbons (Fsp3) is 0.909. The molecule has 0 spiro atoms. The van der Waals surface area contributed by atoms with Crippen LogP contribution in [0.15, 0.2) is 0 Å². The summed E-state index contributed by atoms with van der Waals surface area (Å²) in [7, 11) is -3.42. The van der Waals surface area contributed by atoms with Crippen LogP contribution < -0.4 is 5.73 Å². The molecule has 0 aromatic carbocycles. The molecular weight excluding hydrogens is 284 g/mol. The monoisotopic (exact) mass is 306 g/mol. The van der Waals surface area contributed by atoms with Gasteiger partial charge in [0.1, 0.15) is 0 Å². The minimum atomic E-state index is -3.42. The zero-order valence-corrected chi connectivity index (χ0v) is 12.3. The minimum Gasteiger partial charge on any atom is -0.379 e. The molecule has 2 saturated heterocycles. The van der Waals surface area contributed by atoms with Crippen LogP contribution in [-0.4, -0.2) is 86.9 Å². The highest BCUT2D eigenvalue weighted by molar-refractivity contribution is 7.86. The van der Waals surface area contributed by atoms with E-state index >= 15 is 0 Å². The molecule has 1 amide bonds. The molecule has 0 saturated carbocycles. The smallest absolute Gasteiger partial charge is 0.282 e. The molecule has 2 fully saturated rings. The van der Waals surface area contributed by atoms with Crippen molar-refractivity contribution in [3.05, 3.63) is 0 Å². The van der Waals surface area contributed by atoms with E-state index in [0.717, 1.165) is 0 Å². The van der Waals surface area contributed by atoms with Crippen LogP contribution in [0.25, 0.3) is 0 Å². The van der Waals surface area contributed by atoms with Crippen molar-refractivity contribution in [3.8, 4) is 0 Å². The van der Waals surface area contributed by atoms with E-state index in [0.29, 0.717) is 65.4 Å². The van der Waals surface area contributed by atoms with Crippen molar-refractivity contribution >= 4 is 16.1 Å². The maximum Gasteiger partial charge on any atom is 0.282 e. The van der Waals surface area contributed by atoms with Crippen LogP contribution >= 0.6 is 0 Å². The highest BCUT2D eigenvalue weighted by atomic mass is 32.2. The van der Waals surface area contributed by atoms with Gasteiger partial charge in [-0.3, -0.25) is 4.79 Å². The number of carbonyl (C=O) groups is 1. The maximum absolute atomic E-state index is 12.4. The molecule has 0 unspecified atom stereocenters. The third-order valence-electron chi connectivity index (χ3n) is 3.57. The van der Waals surface area contributed by atoms with Crippen molar-refractivity contribution < 1.29 is 17.9 Å². The second-order valence-corrected chi connectivity index (χ2v) is 6.77. The van der Waals surface area contributed by atoms with Gasteiger partial charge in [-0.15, -0.1) is 0 Å². The van der Waals surface area contributed by atoms with Gasteiger partial charge in [0.2, 0.25) is 5.91 Å². The lowest BCUT2D eigenvalue weighted by atomic mass is 10.3. The number of carbonyl (C=O) groups excluding carboxylic acids is 1. The Balaban J connectivity index is 1.90. The largest absolute Gasteiger partial charge is 0.379 e. The molecule has 8 nitrogen and oxygen atoms in total. The zero-order chi connectivity index (χ0) is 14.6. The van der Waals surface area contributed by atoms with E-state index < -0.39 is 10.2 Å². The number of nitrogens with zero attached hydrogens (tertiary/aromatic N) is 3. The van der Waals surface area contributed by atoms with E-state index in [-0.39, 0.29) is 5.91 Å².